The van der Waals surface area contributed by atoms with Gasteiger partial charge in [-0.05, 0) is 68.7 Å². The first-order valence-electron chi connectivity index (χ1n) is 12.3. The Labute approximate surface area is 217 Å². The number of carbonyl (C=O) groups excluding carboxylic acids is 2. The molecular formula is C30H32N2O3S. The lowest BCUT2D eigenvalue weighted by molar-refractivity contribution is -0.114. The molecular weight excluding hydrogens is 468 g/mol. The number of ether oxygens (including phenoxy) is 1. The predicted octanol–water partition coefficient (Wildman–Crippen LogP) is 6.22. The lowest BCUT2D eigenvalue weighted by atomic mass is 10.1. The molecule has 0 bridgehead atoms. The number of rotatable bonds is 9. The summed E-state index contributed by atoms with van der Waals surface area (Å²) >= 11 is 1.48. The molecule has 5 nitrogen and oxygen atoms in total. The van der Waals surface area contributed by atoms with E-state index in [1.54, 1.807) is 12.1 Å². The first-order chi connectivity index (χ1) is 17.4. The number of benzene rings is 3. The Morgan fingerprint density at radius 1 is 1.06 bits per heavy atom. The van der Waals surface area contributed by atoms with E-state index in [0.717, 1.165) is 28.1 Å². The van der Waals surface area contributed by atoms with E-state index in [2.05, 4.69) is 30.4 Å². The highest BCUT2D eigenvalue weighted by molar-refractivity contribution is 8.04. The zero-order valence-electron chi connectivity index (χ0n) is 21.0. The molecule has 0 spiro atoms. The van der Waals surface area contributed by atoms with Gasteiger partial charge < -0.3 is 15.0 Å². The summed E-state index contributed by atoms with van der Waals surface area (Å²) in [7, 11) is 0. The van der Waals surface area contributed by atoms with Crippen molar-refractivity contribution in [3.8, 4) is 0 Å². The van der Waals surface area contributed by atoms with Crippen molar-refractivity contribution in [3.05, 3.63) is 100.0 Å². The minimum absolute atomic E-state index is 0.0226. The van der Waals surface area contributed by atoms with E-state index >= 15 is 0 Å². The molecule has 1 heterocycles. The molecule has 2 amide bonds. The van der Waals surface area contributed by atoms with Crippen LogP contribution in [0.25, 0.3) is 6.08 Å². The van der Waals surface area contributed by atoms with Crippen LogP contribution in [0.4, 0.5) is 5.69 Å². The van der Waals surface area contributed by atoms with Crippen molar-refractivity contribution in [2.24, 2.45) is 0 Å². The number of aryl methyl sites for hydroxylation is 1. The van der Waals surface area contributed by atoms with E-state index in [1.807, 2.05) is 67.3 Å². The van der Waals surface area contributed by atoms with Crippen LogP contribution in [0, 0.1) is 6.92 Å². The number of thioether (sulfide) groups is 1. The molecule has 0 saturated carbocycles. The summed E-state index contributed by atoms with van der Waals surface area (Å²) in [4.78, 5) is 29.5. The maximum atomic E-state index is 13.5. The largest absolute Gasteiger partial charge is 0.379 e. The fourth-order valence-corrected chi connectivity index (χ4v) is 5.05. The topological polar surface area (TPSA) is 58.6 Å². The lowest BCUT2D eigenvalue weighted by Crippen LogP contribution is -2.33. The van der Waals surface area contributed by atoms with Crippen molar-refractivity contribution in [2.75, 3.05) is 18.1 Å². The zero-order valence-corrected chi connectivity index (χ0v) is 21.8. The number of nitrogens with zero attached hydrogens (tertiary/aromatic N) is 1. The van der Waals surface area contributed by atoms with Crippen LogP contribution in [0.3, 0.4) is 0 Å². The van der Waals surface area contributed by atoms with Gasteiger partial charge in [-0.25, -0.2) is 0 Å². The van der Waals surface area contributed by atoms with Crippen molar-refractivity contribution in [3.63, 3.8) is 0 Å². The predicted molar refractivity (Wildman–Crippen MR) is 147 cm³/mol. The lowest BCUT2D eigenvalue weighted by Gasteiger charge is -2.30. The third kappa shape index (κ3) is 6.65. The molecule has 36 heavy (non-hydrogen) atoms. The van der Waals surface area contributed by atoms with Crippen LogP contribution in [0.5, 0.6) is 0 Å². The molecule has 1 N–H and O–H groups in total. The highest BCUT2D eigenvalue weighted by atomic mass is 32.2. The van der Waals surface area contributed by atoms with Gasteiger partial charge >= 0.3 is 0 Å². The van der Waals surface area contributed by atoms with Gasteiger partial charge in [-0.1, -0.05) is 65.9 Å². The number of amides is 2. The number of hydrogen-bond donors (Lipinski definition) is 1. The van der Waals surface area contributed by atoms with Crippen molar-refractivity contribution in [1.29, 1.82) is 0 Å². The summed E-state index contributed by atoms with van der Waals surface area (Å²) in [6, 6.07) is 23.6. The molecule has 0 unspecified atom stereocenters. The number of nitrogens with one attached hydrogen (secondary N) is 1. The monoisotopic (exact) mass is 500 g/mol. The molecule has 186 valence electrons. The number of carbonyl (C=O) groups is 2. The molecule has 1 aliphatic heterocycles. The molecule has 0 saturated heterocycles. The molecule has 0 fully saturated rings. The third-order valence-corrected chi connectivity index (χ3v) is 6.86. The van der Waals surface area contributed by atoms with Crippen LogP contribution in [0.15, 0.2) is 82.6 Å². The molecule has 3 aromatic rings. The SMILES string of the molecule is Cc1cccc(CN2C(=O)/C(=C\c3ccc(C(=O)NCCCOC(C)C)cc3)Sc3ccccc32)c1. The van der Waals surface area contributed by atoms with E-state index in [0.29, 0.717) is 30.2 Å². The van der Waals surface area contributed by atoms with Gasteiger partial charge in [0.2, 0.25) is 0 Å². The molecule has 1 aliphatic rings. The second-order valence-corrected chi connectivity index (χ2v) is 10.2. The standard InChI is InChI=1S/C30H32N2O3S/c1-21(2)35-17-7-16-31-29(33)25-14-12-23(13-15-25)19-28-30(34)32(20-24-9-6-8-22(3)18-24)26-10-4-5-11-27(26)36-28/h4-6,8-15,18-19,21H,7,16-17,20H2,1-3H3,(H,31,33)/b28-19+. The Morgan fingerprint density at radius 2 is 1.83 bits per heavy atom. The van der Waals surface area contributed by atoms with E-state index in [-0.39, 0.29) is 17.9 Å². The van der Waals surface area contributed by atoms with Crippen LogP contribution >= 0.6 is 11.8 Å². The van der Waals surface area contributed by atoms with Gasteiger partial charge in [0, 0.05) is 23.6 Å². The van der Waals surface area contributed by atoms with Crippen LogP contribution in [-0.4, -0.2) is 31.1 Å². The summed E-state index contributed by atoms with van der Waals surface area (Å²) in [6.07, 6.45) is 2.87. The van der Waals surface area contributed by atoms with Crippen molar-refractivity contribution < 1.29 is 14.3 Å². The van der Waals surface area contributed by atoms with E-state index in [9.17, 15) is 9.59 Å². The summed E-state index contributed by atoms with van der Waals surface area (Å²) in [5.41, 5.74) is 4.66. The van der Waals surface area contributed by atoms with E-state index in [1.165, 1.54) is 17.3 Å². The van der Waals surface area contributed by atoms with Crippen molar-refractivity contribution >= 4 is 35.3 Å². The average Bonchev–Trinajstić information content (AvgIpc) is 2.86. The summed E-state index contributed by atoms with van der Waals surface area (Å²) in [6.45, 7) is 7.75. The highest BCUT2D eigenvalue weighted by Gasteiger charge is 2.29. The Balaban J connectivity index is 1.47. The van der Waals surface area contributed by atoms with Gasteiger partial charge in [0.15, 0.2) is 0 Å². The summed E-state index contributed by atoms with van der Waals surface area (Å²) < 4.78 is 5.50. The van der Waals surface area contributed by atoms with Gasteiger partial charge in [-0.3, -0.25) is 9.59 Å². The molecule has 4 rings (SSSR count). The fourth-order valence-electron chi connectivity index (χ4n) is 3.99. The summed E-state index contributed by atoms with van der Waals surface area (Å²) in [5, 5.41) is 2.93. The van der Waals surface area contributed by atoms with E-state index in [4.69, 9.17) is 4.74 Å². The smallest absolute Gasteiger partial charge is 0.265 e. The fraction of sp³-hybridized carbons (Fsp3) is 0.267. The highest BCUT2D eigenvalue weighted by Crippen LogP contribution is 2.42. The Hall–Kier alpha value is -3.35. The van der Waals surface area contributed by atoms with Crippen LogP contribution < -0.4 is 10.2 Å². The minimum Gasteiger partial charge on any atom is -0.379 e. The molecule has 0 atom stereocenters. The zero-order chi connectivity index (χ0) is 25.5. The number of fused-ring (bicyclic) bond motifs is 1. The van der Waals surface area contributed by atoms with Crippen LogP contribution in [-0.2, 0) is 16.1 Å². The normalized spacial score (nSPS) is 14.3. The van der Waals surface area contributed by atoms with Gasteiger partial charge in [-0.15, -0.1) is 0 Å². The van der Waals surface area contributed by atoms with Gasteiger partial charge in [0.25, 0.3) is 11.8 Å². The first kappa shape index (κ1) is 25.7. The molecule has 3 aromatic carbocycles. The Morgan fingerprint density at radius 3 is 2.58 bits per heavy atom. The quantitative estimate of drug-likeness (QED) is 0.280. The van der Waals surface area contributed by atoms with Crippen LogP contribution in [0.2, 0.25) is 0 Å². The summed E-state index contributed by atoms with van der Waals surface area (Å²) in [5.74, 6) is -0.134. The van der Waals surface area contributed by atoms with Crippen molar-refractivity contribution in [2.45, 2.75) is 44.7 Å². The maximum Gasteiger partial charge on any atom is 0.265 e. The third-order valence-electron chi connectivity index (χ3n) is 5.78. The number of anilines is 1. The molecule has 0 radical (unpaired) electrons. The minimum atomic E-state index is -0.111. The van der Waals surface area contributed by atoms with Crippen molar-refractivity contribution in [1.82, 2.24) is 5.32 Å². The van der Waals surface area contributed by atoms with Crippen LogP contribution in [0.1, 0.15) is 47.3 Å². The van der Waals surface area contributed by atoms with E-state index < -0.39 is 0 Å². The average molecular weight is 501 g/mol. The molecule has 0 aliphatic carbocycles. The second kappa shape index (κ2) is 12.1. The first-order valence-corrected chi connectivity index (χ1v) is 13.1. The maximum absolute atomic E-state index is 13.5. The Bertz CT molecular complexity index is 1250. The second-order valence-electron chi connectivity index (χ2n) is 9.11. The molecule has 0 aromatic heterocycles. The number of para-hydroxylation sites is 1. The van der Waals surface area contributed by atoms with Gasteiger partial charge in [0.1, 0.15) is 0 Å². The van der Waals surface area contributed by atoms with Gasteiger partial charge in [0.05, 0.1) is 23.2 Å². The van der Waals surface area contributed by atoms with Gasteiger partial charge in [-0.2, -0.15) is 0 Å². The Kier molecular flexibility index (Phi) is 8.62. The molecule has 6 heteroatoms. The number of hydrogen-bond acceptors (Lipinski definition) is 4.